The van der Waals surface area contributed by atoms with Gasteiger partial charge in [0.2, 0.25) is 15.9 Å². The third-order valence-electron chi connectivity index (χ3n) is 6.21. The molecule has 0 atom stereocenters. The predicted octanol–water partition coefficient (Wildman–Crippen LogP) is 5.26. The normalized spacial score (nSPS) is 15.2. The van der Waals surface area contributed by atoms with Crippen molar-refractivity contribution in [2.75, 3.05) is 18.0 Å². The Morgan fingerprint density at radius 2 is 1.86 bits per heavy atom. The molecular formula is C25H21ClF2N4O3S2. The van der Waals surface area contributed by atoms with Crippen LogP contribution in [0.4, 0.5) is 13.9 Å². The van der Waals surface area contributed by atoms with Gasteiger partial charge in [-0.25, -0.2) is 22.2 Å². The average Bonchev–Trinajstić information content (AvgIpc) is 3.32. The topological polar surface area (TPSA) is 83.5 Å². The summed E-state index contributed by atoms with van der Waals surface area (Å²) in [7, 11) is -4.02. The summed E-state index contributed by atoms with van der Waals surface area (Å²) in [5.74, 6) is -2.97. The lowest BCUT2D eigenvalue weighted by atomic mass is 9.96. The van der Waals surface area contributed by atoms with Gasteiger partial charge in [-0.05, 0) is 61.4 Å². The number of hydrogen-bond acceptors (Lipinski definition) is 6. The number of aromatic nitrogens is 2. The number of nitrogens with zero attached hydrogens (tertiary/aromatic N) is 4. The van der Waals surface area contributed by atoms with Crippen LogP contribution in [0.15, 0.2) is 65.7 Å². The Balaban J connectivity index is 1.37. The monoisotopic (exact) mass is 562 g/mol. The Morgan fingerprint density at radius 1 is 1.08 bits per heavy atom. The quantitative estimate of drug-likeness (QED) is 0.320. The van der Waals surface area contributed by atoms with E-state index in [-0.39, 0.29) is 43.3 Å². The Kier molecular flexibility index (Phi) is 7.21. The van der Waals surface area contributed by atoms with E-state index >= 15 is 0 Å². The van der Waals surface area contributed by atoms with Gasteiger partial charge >= 0.3 is 0 Å². The zero-order chi connectivity index (χ0) is 26.2. The summed E-state index contributed by atoms with van der Waals surface area (Å²) in [5, 5.41) is 1.07. The van der Waals surface area contributed by atoms with Crippen LogP contribution in [-0.4, -0.2) is 41.7 Å². The van der Waals surface area contributed by atoms with Crippen LogP contribution in [0.5, 0.6) is 0 Å². The molecular weight excluding hydrogens is 542 g/mol. The molecule has 37 heavy (non-hydrogen) atoms. The number of amides is 1. The lowest BCUT2D eigenvalue weighted by Gasteiger charge is -2.33. The first kappa shape index (κ1) is 25.7. The molecule has 0 saturated carbocycles. The van der Waals surface area contributed by atoms with Crippen molar-refractivity contribution in [1.29, 1.82) is 0 Å². The summed E-state index contributed by atoms with van der Waals surface area (Å²) < 4.78 is 54.9. The zero-order valence-corrected chi connectivity index (χ0v) is 21.7. The van der Waals surface area contributed by atoms with Gasteiger partial charge in [-0.2, -0.15) is 4.31 Å². The third kappa shape index (κ3) is 5.35. The molecule has 5 rings (SSSR count). The number of halogens is 3. The molecule has 0 spiro atoms. The molecule has 0 unspecified atom stereocenters. The maximum absolute atomic E-state index is 13.7. The van der Waals surface area contributed by atoms with Crippen molar-refractivity contribution in [1.82, 2.24) is 14.3 Å². The predicted molar refractivity (Wildman–Crippen MR) is 138 cm³/mol. The van der Waals surface area contributed by atoms with E-state index in [1.54, 1.807) is 35.4 Å². The number of carbonyl (C=O) groups excluding carboxylic acids is 1. The van der Waals surface area contributed by atoms with Gasteiger partial charge in [0.1, 0.15) is 0 Å². The van der Waals surface area contributed by atoms with Crippen LogP contribution in [0.25, 0.3) is 10.2 Å². The largest absolute Gasteiger partial charge is 0.282 e. The number of anilines is 1. The van der Waals surface area contributed by atoms with E-state index in [0.29, 0.717) is 21.9 Å². The minimum Gasteiger partial charge on any atom is -0.282 e. The van der Waals surface area contributed by atoms with Crippen LogP contribution in [0, 0.1) is 17.6 Å². The molecule has 3 heterocycles. The van der Waals surface area contributed by atoms with Crippen molar-refractivity contribution in [2.45, 2.75) is 24.3 Å². The van der Waals surface area contributed by atoms with E-state index in [0.717, 1.165) is 22.3 Å². The number of benzene rings is 2. The lowest BCUT2D eigenvalue weighted by Crippen LogP contribution is -2.44. The van der Waals surface area contributed by atoms with Gasteiger partial charge in [0.15, 0.2) is 16.8 Å². The SMILES string of the molecule is O=C(C1CCN(S(=O)(=O)c2ccc(F)c(F)c2)CC1)N(Cc1ccccn1)c1nc2ccc(Cl)cc2s1. The number of rotatable bonds is 6. The minimum absolute atomic E-state index is 0.0740. The van der Waals surface area contributed by atoms with E-state index < -0.39 is 27.6 Å². The second-order valence-corrected chi connectivity index (χ2v) is 12.0. The van der Waals surface area contributed by atoms with Gasteiger partial charge in [-0.3, -0.25) is 14.7 Å². The number of pyridine rings is 1. The number of thiazole rings is 1. The highest BCUT2D eigenvalue weighted by molar-refractivity contribution is 7.89. The molecule has 0 aliphatic carbocycles. The van der Waals surface area contributed by atoms with E-state index in [9.17, 15) is 22.0 Å². The first-order valence-corrected chi connectivity index (χ1v) is 14.1. The average molecular weight is 563 g/mol. The van der Waals surface area contributed by atoms with Crippen LogP contribution in [-0.2, 0) is 21.4 Å². The summed E-state index contributed by atoms with van der Waals surface area (Å²) in [6.07, 6.45) is 2.20. The molecule has 1 saturated heterocycles. The molecule has 192 valence electrons. The van der Waals surface area contributed by atoms with Gasteiger partial charge < -0.3 is 0 Å². The van der Waals surface area contributed by atoms with Crippen LogP contribution in [0.3, 0.4) is 0 Å². The second-order valence-electron chi connectivity index (χ2n) is 8.61. The van der Waals surface area contributed by atoms with Crippen LogP contribution < -0.4 is 4.90 Å². The molecule has 0 radical (unpaired) electrons. The van der Waals surface area contributed by atoms with Gasteiger partial charge in [0.25, 0.3) is 0 Å². The number of hydrogen-bond donors (Lipinski definition) is 0. The number of carbonyl (C=O) groups is 1. The first-order chi connectivity index (χ1) is 17.7. The summed E-state index contributed by atoms with van der Waals surface area (Å²) in [5.41, 5.74) is 1.40. The summed E-state index contributed by atoms with van der Waals surface area (Å²) in [6.45, 7) is 0.357. The Labute approximate surface area is 221 Å². The van der Waals surface area contributed by atoms with Crippen molar-refractivity contribution in [3.05, 3.63) is 83.1 Å². The van der Waals surface area contributed by atoms with E-state index in [1.807, 2.05) is 12.1 Å². The lowest BCUT2D eigenvalue weighted by molar-refractivity contribution is -0.123. The standard InChI is InChI=1S/C25H21ClF2N4O3S2/c26-17-4-7-22-23(13-17)36-25(30-22)32(15-18-3-1-2-10-29-18)24(33)16-8-11-31(12-9-16)37(34,35)19-5-6-20(27)21(28)14-19/h1-7,10,13-14,16H,8-9,11-12,15H2. The number of sulfonamides is 1. The fourth-order valence-corrected chi connectivity index (χ4v) is 6.97. The van der Waals surface area contributed by atoms with E-state index in [2.05, 4.69) is 9.97 Å². The fraction of sp³-hybridized carbons (Fsp3) is 0.240. The smallest absolute Gasteiger partial charge is 0.243 e. The summed E-state index contributed by atoms with van der Waals surface area (Å²) in [6, 6.07) is 13.3. The Hall–Kier alpha value is -2.99. The maximum Gasteiger partial charge on any atom is 0.243 e. The number of fused-ring (bicyclic) bond motifs is 1. The van der Waals surface area contributed by atoms with Crippen LogP contribution in [0.1, 0.15) is 18.5 Å². The fourth-order valence-electron chi connectivity index (χ4n) is 4.25. The molecule has 7 nitrogen and oxygen atoms in total. The highest BCUT2D eigenvalue weighted by Gasteiger charge is 2.35. The molecule has 1 fully saturated rings. The van der Waals surface area contributed by atoms with Crippen LogP contribution in [0.2, 0.25) is 5.02 Å². The third-order valence-corrected chi connectivity index (χ3v) is 9.39. The highest BCUT2D eigenvalue weighted by Crippen LogP contribution is 2.34. The molecule has 0 bridgehead atoms. The molecule has 2 aromatic heterocycles. The van der Waals surface area contributed by atoms with E-state index in [1.165, 1.54) is 15.6 Å². The summed E-state index contributed by atoms with van der Waals surface area (Å²) >= 11 is 7.47. The van der Waals surface area contributed by atoms with Gasteiger partial charge in [-0.1, -0.05) is 29.0 Å². The summed E-state index contributed by atoms with van der Waals surface area (Å²) in [4.78, 5) is 24.0. The molecule has 1 aliphatic heterocycles. The van der Waals surface area contributed by atoms with Crippen molar-refractivity contribution in [2.24, 2.45) is 5.92 Å². The first-order valence-electron chi connectivity index (χ1n) is 11.4. The van der Waals surface area contributed by atoms with Gasteiger partial charge in [0.05, 0.1) is 27.4 Å². The molecule has 1 aliphatic rings. The Bertz CT molecular complexity index is 1560. The Morgan fingerprint density at radius 3 is 2.57 bits per heavy atom. The minimum atomic E-state index is -4.02. The molecule has 2 aromatic carbocycles. The molecule has 0 N–H and O–H groups in total. The van der Waals surface area contributed by atoms with Crippen molar-refractivity contribution >= 4 is 54.2 Å². The van der Waals surface area contributed by atoms with Crippen LogP contribution >= 0.6 is 22.9 Å². The van der Waals surface area contributed by atoms with E-state index in [4.69, 9.17) is 11.6 Å². The second kappa shape index (κ2) is 10.4. The van der Waals surface area contributed by atoms with Gasteiger partial charge in [0, 0.05) is 30.2 Å². The van der Waals surface area contributed by atoms with Crippen molar-refractivity contribution in [3.8, 4) is 0 Å². The van der Waals surface area contributed by atoms with Gasteiger partial charge in [-0.15, -0.1) is 0 Å². The molecule has 4 aromatic rings. The number of piperidine rings is 1. The highest BCUT2D eigenvalue weighted by atomic mass is 35.5. The molecule has 1 amide bonds. The maximum atomic E-state index is 13.7. The molecule has 12 heteroatoms. The van der Waals surface area contributed by atoms with Crippen molar-refractivity contribution in [3.63, 3.8) is 0 Å². The zero-order valence-electron chi connectivity index (χ0n) is 19.4. The van der Waals surface area contributed by atoms with Crippen molar-refractivity contribution < 1.29 is 22.0 Å².